The minimum Gasteiger partial charge on any atom is -0.503 e. The Morgan fingerprint density at radius 3 is 2.50 bits per heavy atom. The van der Waals surface area contributed by atoms with Crippen molar-refractivity contribution in [1.82, 2.24) is 14.8 Å². The third kappa shape index (κ3) is 3.15. The molecule has 1 saturated carbocycles. The standard InChI is InChI=1S/C21H18F3N3O5/c22-9-5-13(23)11(14(24)6-9)7-25-19(30)12-8-26-15-3-4-32-21(15)27(10-1-2-10)20(31)16(26)18(29)17(12)28/h5-6,8,10,15,21,29H,1-4,7H2,(H,25,30)/t15?,21-/m0/s1. The van der Waals surface area contributed by atoms with Gasteiger partial charge in [-0.25, -0.2) is 13.2 Å². The molecule has 32 heavy (non-hydrogen) atoms. The zero-order chi connectivity index (χ0) is 22.7. The third-order valence-corrected chi connectivity index (χ3v) is 6.03. The molecule has 3 heterocycles. The molecule has 1 saturated heterocycles. The summed E-state index contributed by atoms with van der Waals surface area (Å²) in [6.07, 6.45) is 2.71. The van der Waals surface area contributed by atoms with Crippen LogP contribution in [0.4, 0.5) is 13.2 Å². The maximum absolute atomic E-state index is 13.8. The van der Waals surface area contributed by atoms with Crippen LogP contribution >= 0.6 is 0 Å². The molecule has 11 heteroatoms. The predicted octanol–water partition coefficient (Wildman–Crippen LogP) is 1.81. The van der Waals surface area contributed by atoms with Crippen LogP contribution in [-0.2, 0) is 11.3 Å². The maximum Gasteiger partial charge on any atom is 0.276 e. The lowest BCUT2D eigenvalue weighted by molar-refractivity contribution is -0.0387. The Hall–Kier alpha value is -3.34. The quantitative estimate of drug-likeness (QED) is 0.742. The number of benzene rings is 1. The highest BCUT2D eigenvalue weighted by atomic mass is 19.1. The van der Waals surface area contributed by atoms with Gasteiger partial charge in [0.2, 0.25) is 5.43 Å². The topological polar surface area (TPSA) is 101 Å². The van der Waals surface area contributed by atoms with Gasteiger partial charge in [0, 0.05) is 36.5 Å². The summed E-state index contributed by atoms with van der Waals surface area (Å²) in [4.78, 5) is 39.9. The third-order valence-electron chi connectivity index (χ3n) is 6.03. The number of nitrogens with zero attached hydrogens (tertiary/aromatic N) is 2. The fraction of sp³-hybridized carbons (Fsp3) is 0.381. The van der Waals surface area contributed by atoms with Crippen molar-refractivity contribution in [2.45, 2.75) is 44.1 Å². The summed E-state index contributed by atoms with van der Waals surface area (Å²) < 4.78 is 47.8. The Labute approximate surface area is 179 Å². The van der Waals surface area contributed by atoms with Crippen molar-refractivity contribution < 1.29 is 32.6 Å². The van der Waals surface area contributed by atoms with Gasteiger partial charge in [-0.1, -0.05) is 0 Å². The van der Waals surface area contributed by atoms with Crippen molar-refractivity contribution in [3.05, 3.63) is 62.8 Å². The van der Waals surface area contributed by atoms with Crippen molar-refractivity contribution in [1.29, 1.82) is 0 Å². The summed E-state index contributed by atoms with van der Waals surface area (Å²) in [5.41, 5.74) is -2.36. The summed E-state index contributed by atoms with van der Waals surface area (Å²) >= 11 is 0. The van der Waals surface area contributed by atoms with Crippen LogP contribution in [0, 0.1) is 17.5 Å². The summed E-state index contributed by atoms with van der Waals surface area (Å²) in [5.74, 6) is -5.90. The Balaban J connectivity index is 1.48. The molecule has 3 aliphatic rings. The second-order valence-corrected chi connectivity index (χ2v) is 8.07. The van der Waals surface area contributed by atoms with Crippen LogP contribution in [0.3, 0.4) is 0 Å². The van der Waals surface area contributed by atoms with E-state index >= 15 is 0 Å². The van der Waals surface area contributed by atoms with E-state index in [4.69, 9.17) is 4.74 Å². The van der Waals surface area contributed by atoms with E-state index in [9.17, 15) is 32.7 Å². The second-order valence-electron chi connectivity index (χ2n) is 8.07. The number of fused-ring (bicyclic) bond motifs is 3. The molecule has 2 aliphatic heterocycles. The average molecular weight is 449 g/mol. The van der Waals surface area contributed by atoms with Crippen molar-refractivity contribution in [3.8, 4) is 5.75 Å². The number of aromatic nitrogens is 1. The first-order chi connectivity index (χ1) is 15.3. The van der Waals surface area contributed by atoms with Gasteiger partial charge in [-0.05, 0) is 19.3 Å². The lowest BCUT2D eigenvalue weighted by atomic mass is 10.0. The van der Waals surface area contributed by atoms with Crippen molar-refractivity contribution >= 4 is 11.8 Å². The van der Waals surface area contributed by atoms with E-state index < -0.39 is 70.4 Å². The number of aromatic hydroxyl groups is 1. The number of nitrogens with one attached hydrogen (secondary N) is 1. The van der Waals surface area contributed by atoms with Crippen molar-refractivity contribution in [2.24, 2.45) is 0 Å². The summed E-state index contributed by atoms with van der Waals surface area (Å²) in [6.45, 7) is -0.287. The van der Waals surface area contributed by atoms with Gasteiger partial charge in [-0.2, -0.15) is 0 Å². The zero-order valence-electron chi connectivity index (χ0n) is 16.6. The van der Waals surface area contributed by atoms with Crippen LogP contribution < -0.4 is 10.7 Å². The molecule has 1 unspecified atom stereocenters. The largest absolute Gasteiger partial charge is 0.503 e. The molecular weight excluding hydrogens is 431 g/mol. The Morgan fingerprint density at radius 2 is 1.84 bits per heavy atom. The van der Waals surface area contributed by atoms with Crippen LogP contribution in [0.1, 0.15) is 51.7 Å². The molecule has 2 amide bonds. The second kappa shape index (κ2) is 7.37. The molecule has 5 rings (SSSR count). The molecule has 8 nitrogen and oxygen atoms in total. The minimum atomic E-state index is -1.19. The SMILES string of the molecule is O=C(NCc1c(F)cc(F)cc1F)c1cn2c(c(O)c1=O)C(=O)N(C1CC1)[C@H]1OCCC12. The number of pyridine rings is 1. The first kappa shape index (κ1) is 20.6. The van der Waals surface area contributed by atoms with E-state index in [0.29, 0.717) is 25.2 Å². The number of carbonyl (C=O) groups is 2. The summed E-state index contributed by atoms with van der Waals surface area (Å²) in [5, 5.41) is 12.7. The van der Waals surface area contributed by atoms with E-state index in [1.807, 2.05) is 0 Å². The molecule has 1 aromatic heterocycles. The lowest BCUT2D eigenvalue weighted by Crippen LogP contribution is -2.51. The monoisotopic (exact) mass is 449 g/mol. The maximum atomic E-state index is 13.8. The van der Waals surface area contributed by atoms with E-state index in [2.05, 4.69) is 5.32 Å². The molecule has 1 aliphatic carbocycles. The van der Waals surface area contributed by atoms with Crippen molar-refractivity contribution in [3.63, 3.8) is 0 Å². The number of carbonyl (C=O) groups excluding carboxylic acids is 2. The van der Waals surface area contributed by atoms with E-state index in [0.717, 1.165) is 12.8 Å². The Bertz CT molecular complexity index is 1190. The van der Waals surface area contributed by atoms with Gasteiger partial charge in [0.25, 0.3) is 11.8 Å². The molecule has 2 aromatic rings. The number of amides is 2. The first-order valence-electron chi connectivity index (χ1n) is 10.1. The van der Waals surface area contributed by atoms with Gasteiger partial charge in [0.05, 0.1) is 12.6 Å². The Kier molecular flexibility index (Phi) is 4.73. The number of hydrogen-bond donors (Lipinski definition) is 2. The average Bonchev–Trinajstić information content (AvgIpc) is 3.44. The fourth-order valence-electron chi connectivity index (χ4n) is 4.33. The number of hydrogen-bond acceptors (Lipinski definition) is 5. The van der Waals surface area contributed by atoms with Crippen LogP contribution in [0.5, 0.6) is 5.75 Å². The molecule has 2 N–H and O–H groups in total. The molecule has 168 valence electrons. The fourth-order valence-corrected chi connectivity index (χ4v) is 4.33. The Morgan fingerprint density at radius 1 is 1.16 bits per heavy atom. The molecule has 2 atom stereocenters. The smallest absolute Gasteiger partial charge is 0.276 e. The molecule has 0 spiro atoms. The molecular formula is C21H18F3N3O5. The molecule has 2 fully saturated rings. The van der Waals surface area contributed by atoms with Gasteiger partial charge in [-0.15, -0.1) is 0 Å². The number of rotatable bonds is 4. The van der Waals surface area contributed by atoms with Crippen LogP contribution in [0.25, 0.3) is 0 Å². The number of halogens is 3. The predicted molar refractivity (Wildman–Crippen MR) is 102 cm³/mol. The molecule has 0 radical (unpaired) electrons. The van der Waals surface area contributed by atoms with Gasteiger partial charge in [0.1, 0.15) is 23.0 Å². The highest BCUT2D eigenvalue weighted by Crippen LogP contribution is 2.42. The van der Waals surface area contributed by atoms with E-state index in [-0.39, 0.29) is 11.7 Å². The molecule has 0 bridgehead atoms. The normalized spacial score (nSPS) is 22.0. The van der Waals surface area contributed by atoms with Crippen molar-refractivity contribution in [2.75, 3.05) is 6.61 Å². The van der Waals surface area contributed by atoms with Gasteiger partial charge < -0.3 is 24.6 Å². The van der Waals surface area contributed by atoms with E-state index in [1.165, 1.54) is 10.8 Å². The summed E-state index contributed by atoms with van der Waals surface area (Å²) in [7, 11) is 0. The highest BCUT2D eigenvalue weighted by molar-refractivity contribution is 5.99. The number of ether oxygens (including phenoxy) is 1. The van der Waals surface area contributed by atoms with Gasteiger partial charge >= 0.3 is 0 Å². The zero-order valence-corrected chi connectivity index (χ0v) is 16.6. The minimum absolute atomic E-state index is 0.0140. The van der Waals surface area contributed by atoms with E-state index in [1.54, 1.807) is 4.90 Å². The molecule has 1 aromatic carbocycles. The lowest BCUT2D eigenvalue weighted by Gasteiger charge is -2.39. The van der Waals surface area contributed by atoms with Crippen LogP contribution in [-0.4, -0.2) is 45.3 Å². The van der Waals surface area contributed by atoms with Crippen LogP contribution in [0.2, 0.25) is 0 Å². The van der Waals surface area contributed by atoms with Crippen LogP contribution in [0.15, 0.2) is 23.1 Å². The van der Waals surface area contributed by atoms with Gasteiger partial charge in [0.15, 0.2) is 17.7 Å². The van der Waals surface area contributed by atoms with Gasteiger partial charge in [-0.3, -0.25) is 14.4 Å². The summed E-state index contributed by atoms with van der Waals surface area (Å²) in [6, 6.07) is 0.539. The first-order valence-corrected chi connectivity index (χ1v) is 10.1. The highest BCUT2D eigenvalue weighted by Gasteiger charge is 2.50.